The molecule has 2 atom stereocenters. The second-order valence-electron chi connectivity index (χ2n) is 8.02. The van der Waals surface area contributed by atoms with Gasteiger partial charge < -0.3 is 24.8 Å². The molecule has 0 aliphatic carbocycles. The monoisotopic (exact) mass is 428 g/mol. The van der Waals surface area contributed by atoms with E-state index >= 15 is 0 Å². The number of rotatable bonds is 5. The van der Waals surface area contributed by atoms with E-state index in [9.17, 15) is 18.8 Å². The molecule has 2 bridgehead atoms. The van der Waals surface area contributed by atoms with Crippen molar-refractivity contribution in [2.24, 2.45) is 5.92 Å². The molecule has 1 fully saturated rings. The first-order valence-corrected chi connectivity index (χ1v) is 10.3. The number of ether oxygens (including phenoxy) is 1. The molecular formula is C22H25FN4O4. The molecule has 2 N–H and O–H groups in total. The average molecular weight is 428 g/mol. The van der Waals surface area contributed by atoms with Crippen LogP contribution in [0, 0.1) is 11.7 Å². The fourth-order valence-electron chi connectivity index (χ4n) is 4.35. The van der Waals surface area contributed by atoms with Crippen molar-refractivity contribution in [2.75, 3.05) is 37.4 Å². The summed E-state index contributed by atoms with van der Waals surface area (Å²) in [4.78, 5) is 39.4. The van der Waals surface area contributed by atoms with Gasteiger partial charge in [-0.2, -0.15) is 0 Å². The number of nitrogens with one attached hydrogen (secondary N) is 2. The molecule has 31 heavy (non-hydrogen) atoms. The molecule has 9 heteroatoms. The zero-order valence-electron chi connectivity index (χ0n) is 17.3. The van der Waals surface area contributed by atoms with Crippen LogP contribution in [0.15, 0.2) is 41.2 Å². The molecule has 2 aliphatic heterocycles. The standard InChI is InChI=1S/C22H25FN4O4/c1-31-9-8-20(28)25-18-6-7-19-15-10-14(12-27(19)21(18)29)11-26(13-15)22(30)24-17-4-2-16(23)3-5-17/h2-7,14-15H,8-13H2,1H3,(H,24,30)(H,25,28)/t14-,15+/m0/s1. The van der Waals surface area contributed by atoms with Gasteiger partial charge in [0.1, 0.15) is 11.5 Å². The summed E-state index contributed by atoms with van der Waals surface area (Å²) in [7, 11) is 1.52. The van der Waals surface area contributed by atoms with Gasteiger partial charge >= 0.3 is 6.03 Å². The molecule has 2 aromatic rings. The Morgan fingerprint density at radius 1 is 1.10 bits per heavy atom. The number of carbonyl (C=O) groups is 2. The SMILES string of the molecule is COCCC(=O)Nc1ccc2n(c1=O)C[C@H]1C[C@@H]2CN(C(=O)Nc2ccc(F)cc2)C1. The van der Waals surface area contributed by atoms with Crippen LogP contribution in [0.25, 0.3) is 0 Å². The quantitative estimate of drug-likeness (QED) is 0.766. The third-order valence-corrected chi connectivity index (χ3v) is 5.79. The lowest BCUT2D eigenvalue weighted by Crippen LogP contribution is -2.50. The van der Waals surface area contributed by atoms with Gasteiger partial charge in [-0.05, 0) is 48.7 Å². The summed E-state index contributed by atoms with van der Waals surface area (Å²) in [6.07, 6.45) is 1.08. The number of likely N-dealkylation sites (tertiary alicyclic amines) is 1. The molecule has 8 nitrogen and oxygen atoms in total. The van der Waals surface area contributed by atoms with E-state index in [1.807, 2.05) is 6.07 Å². The van der Waals surface area contributed by atoms with E-state index < -0.39 is 0 Å². The van der Waals surface area contributed by atoms with Gasteiger partial charge in [-0.25, -0.2) is 9.18 Å². The van der Waals surface area contributed by atoms with Crippen LogP contribution in [-0.2, 0) is 16.1 Å². The Balaban J connectivity index is 1.47. The summed E-state index contributed by atoms with van der Waals surface area (Å²) >= 11 is 0. The number of benzene rings is 1. The summed E-state index contributed by atoms with van der Waals surface area (Å²) in [5.41, 5.74) is 1.45. The maximum absolute atomic E-state index is 13.1. The van der Waals surface area contributed by atoms with Crippen molar-refractivity contribution in [1.82, 2.24) is 9.47 Å². The normalized spacial score (nSPS) is 19.5. The number of methoxy groups -OCH3 is 1. The van der Waals surface area contributed by atoms with Crippen molar-refractivity contribution in [1.29, 1.82) is 0 Å². The highest BCUT2D eigenvalue weighted by molar-refractivity contribution is 5.90. The summed E-state index contributed by atoms with van der Waals surface area (Å²) < 4.78 is 19.7. The van der Waals surface area contributed by atoms with Crippen molar-refractivity contribution in [3.63, 3.8) is 0 Å². The number of amides is 3. The first-order chi connectivity index (χ1) is 14.9. The summed E-state index contributed by atoms with van der Waals surface area (Å²) in [5.74, 6) is -0.444. The number of aromatic nitrogens is 1. The number of nitrogens with zero attached hydrogens (tertiary/aromatic N) is 2. The second-order valence-corrected chi connectivity index (χ2v) is 8.02. The van der Waals surface area contributed by atoms with Crippen LogP contribution in [0.2, 0.25) is 0 Å². The number of fused-ring (bicyclic) bond motifs is 4. The van der Waals surface area contributed by atoms with Crippen molar-refractivity contribution in [2.45, 2.75) is 25.3 Å². The van der Waals surface area contributed by atoms with E-state index in [-0.39, 0.29) is 53.9 Å². The van der Waals surface area contributed by atoms with Crippen molar-refractivity contribution in [3.05, 3.63) is 58.3 Å². The van der Waals surface area contributed by atoms with E-state index in [2.05, 4.69) is 10.6 Å². The van der Waals surface area contributed by atoms with Gasteiger partial charge in [0.25, 0.3) is 5.56 Å². The Morgan fingerprint density at radius 3 is 2.61 bits per heavy atom. The molecule has 0 unspecified atom stereocenters. The zero-order valence-corrected chi connectivity index (χ0v) is 17.3. The molecule has 0 spiro atoms. The van der Waals surface area contributed by atoms with Crippen molar-refractivity contribution >= 4 is 23.3 Å². The van der Waals surface area contributed by atoms with Gasteiger partial charge in [0.15, 0.2) is 0 Å². The number of hydrogen-bond donors (Lipinski definition) is 2. The minimum atomic E-state index is -0.359. The largest absolute Gasteiger partial charge is 0.384 e. The third kappa shape index (κ3) is 4.61. The van der Waals surface area contributed by atoms with Crippen LogP contribution in [0.4, 0.5) is 20.6 Å². The first-order valence-electron chi connectivity index (χ1n) is 10.3. The molecule has 0 saturated carbocycles. The number of urea groups is 1. The highest BCUT2D eigenvalue weighted by Crippen LogP contribution is 2.35. The lowest BCUT2D eigenvalue weighted by Gasteiger charge is -2.42. The lowest BCUT2D eigenvalue weighted by atomic mass is 9.83. The number of pyridine rings is 1. The predicted molar refractivity (Wildman–Crippen MR) is 114 cm³/mol. The Bertz CT molecular complexity index is 1040. The third-order valence-electron chi connectivity index (χ3n) is 5.79. The smallest absolute Gasteiger partial charge is 0.321 e. The highest BCUT2D eigenvalue weighted by Gasteiger charge is 2.36. The highest BCUT2D eigenvalue weighted by atomic mass is 19.1. The Morgan fingerprint density at radius 2 is 1.87 bits per heavy atom. The lowest BCUT2D eigenvalue weighted by molar-refractivity contribution is -0.117. The van der Waals surface area contributed by atoms with Crippen LogP contribution in [-0.4, -0.2) is 48.2 Å². The summed E-state index contributed by atoms with van der Waals surface area (Å²) in [6.45, 7) is 1.80. The molecule has 1 aromatic carbocycles. The molecule has 4 rings (SSSR count). The number of piperidine rings is 1. The van der Waals surface area contributed by atoms with Gasteiger partial charge in [0.2, 0.25) is 5.91 Å². The molecule has 1 saturated heterocycles. The maximum Gasteiger partial charge on any atom is 0.321 e. The molecule has 3 heterocycles. The minimum absolute atomic E-state index is 0.0393. The Labute approximate surface area is 179 Å². The molecule has 2 aliphatic rings. The topological polar surface area (TPSA) is 92.7 Å². The van der Waals surface area contributed by atoms with E-state index in [0.717, 1.165) is 12.1 Å². The minimum Gasteiger partial charge on any atom is -0.384 e. The number of hydrogen-bond acceptors (Lipinski definition) is 4. The zero-order chi connectivity index (χ0) is 22.0. The Kier molecular flexibility index (Phi) is 6.03. The second kappa shape index (κ2) is 8.89. The van der Waals surface area contributed by atoms with Crippen LogP contribution in [0.3, 0.4) is 0 Å². The molecule has 164 valence electrons. The maximum atomic E-state index is 13.1. The van der Waals surface area contributed by atoms with Gasteiger partial charge in [-0.1, -0.05) is 0 Å². The van der Waals surface area contributed by atoms with Gasteiger partial charge in [0.05, 0.1) is 13.0 Å². The van der Waals surface area contributed by atoms with E-state index in [1.165, 1.54) is 31.4 Å². The summed E-state index contributed by atoms with van der Waals surface area (Å²) in [5, 5.41) is 5.47. The predicted octanol–water partition coefficient (Wildman–Crippen LogP) is 2.61. The fraction of sp³-hybridized carbons (Fsp3) is 0.409. The average Bonchev–Trinajstić information content (AvgIpc) is 2.76. The van der Waals surface area contributed by atoms with Gasteiger partial charge in [-0.15, -0.1) is 0 Å². The molecular weight excluding hydrogens is 403 g/mol. The first kappa shape index (κ1) is 21.0. The van der Waals surface area contributed by atoms with Crippen LogP contribution in [0.1, 0.15) is 24.5 Å². The van der Waals surface area contributed by atoms with Gasteiger partial charge in [0, 0.05) is 44.0 Å². The van der Waals surface area contributed by atoms with E-state index in [1.54, 1.807) is 15.5 Å². The van der Waals surface area contributed by atoms with Gasteiger partial charge in [-0.3, -0.25) is 9.59 Å². The van der Waals surface area contributed by atoms with Crippen LogP contribution < -0.4 is 16.2 Å². The van der Waals surface area contributed by atoms with Crippen LogP contribution >= 0.6 is 0 Å². The number of anilines is 2. The fourth-order valence-corrected chi connectivity index (χ4v) is 4.35. The molecule has 0 radical (unpaired) electrons. The van der Waals surface area contributed by atoms with E-state index in [0.29, 0.717) is 25.3 Å². The van der Waals surface area contributed by atoms with E-state index in [4.69, 9.17) is 4.74 Å². The van der Waals surface area contributed by atoms with Crippen molar-refractivity contribution in [3.8, 4) is 0 Å². The molecule has 1 aromatic heterocycles. The number of halogens is 1. The number of carbonyl (C=O) groups excluding carboxylic acids is 2. The molecule has 3 amide bonds. The Hall–Kier alpha value is -3.20. The van der Waals surface area contributed by atoms with Crippen molar-refractivity contribution < 1.29 is 18.7 Å². The summed E-state index contributed by atoms with van der Waals surface area (Å²) in [6, 6.07) is 8.90. The van der Waals surface area contributed by atoms with Crippen LogP contribution in [0.5, 0.6) is 0 Å².